The SMILES string of the molecule is CCCCCCCCC(Cc1cccc(C(F)(F)F)c1)C(C)(C)OC. The van der Waals surface area contributed by atoms with Crippen molar-refractivity contribution in [2.24, 2.45) is 5.92 Å². The summed E-state index contributed by atoms with van der Waals surface area (Å²) >= 11 is 0. The fraction of sp³-hybridized carbons (Fsp3) is 0.714. The van der Waals surface area contributed by atoms with E-state index in [0.29, 0.717) is 6.42 Å². The number of hydrogen-bond acceptors (Lipinski definition) is 1. The number of ether oxygens (including phenoxy) is 1. The second kappa shape index (κ2) is 10.2. The van der Waals surface area contributed by atoms with Crippen LogP contribution in [0.25, 0.3) is 0 Å². The largest absolute Gasteiger partial charge is 0.416 e. The van der Waals surface area contributed by atoms with Crippen LogP contribution in [-0.2, 0) is 17.3 Å². The highest BCUT2D eigenvalue weighted by Crippen LogP contribution is 2.33. The second-order valence-electron chi connectivity index (χ2n) is 7.46. The van der Waals surface area contributed by atoms with E-state index >= 15 is 0 Å². The number of methoxy groups -OCH3 is 1. The Morgan fingerprint density at radius 3 is 2.24 bits per heavy atom. The summed E-state index contributed by atoms with van der Waals surface area (Å²) in [6.07, 6.45) is 4.58. The first kappa shape index (κ1) is 22.0. The molecule has 0 saturated heterocycles. The Bertz CT molecular complexity index is 494. The van der Waals surface area contributed by atoms with E-state index in [2.05, 4.69) is 6.92 Å². The van der Waals surface area contributed by atoms with Crippen molar-refractivity contribution >= 4 is 0 Å². The van der Waals surface area contributed by atoms with Gasteiger partial charge in [-0.25, -0.2) is 0 Å². The molecule has 1 nitrogen and oxygen atoms in total. The summed E-state index contributed by atoms with van der Waals surface area (Å²) in [7, 11) is 1.68. The first-order valence-corrected chi connectivity index (χ1v) is 9.42. The van der Waals surface area contributed by atoms with Crippen molar-refractivity contribution in [2.45, 2.75) is 83.9 Å². The standard InChI is InChI=1S/C21H33F3O/c1-5-6-7-8-9-10-13-18(20(2,3)25-4)15-17-12-11-14-19(16-17)21(22,23)24/h11-12,14,16,18H,5-10,13,15H2,1-4H3. The predicted molar refractivity (Wildman–Crippen MR) is 97.7 cm³/mol. The van der Waals surface area contributed by atoms with Crippen LogP contribution in [0.4, 0.5) is 13.2 Å². The molecule has 1 aromatic carbocycles. The lowest BCUT2D eigenvalue weighted by molar-refractivity contribution is -0.137. The molecule has 1 aromatic rings. The molecule has 0 radical (unpaired) electrons. The minimum atomic E-state index is -4.29. The van der Waals surface area contributed by atoms with Gasteiger partial charge in [0.1, 0.15) is 0 Å². The number of alkyl halides is 3. The van der Waals surface area contributed by atoms with Gasteiger partial charge in [0, 0.05) is 7.11 Å². The van der Waals surface area contributed by atoms with Gasteiger partial charge in [-0.05, 0) is 44.2 Å². The van der Waals surface area contributed by atoms with Crippen molar-refractivity contribution in [1.82, 2.24) is 0 Å². The summed E-state index contributed by atoms with van der Waals surface area (Å²) in [5, 5.41) is 0. The molecule has 0 aliphatic heterocycles. The van der Waals surface area contributed by atoms with Crippen LogP contribution >= 0.6 is 0 Å². The van der Waals surface area contributed by atoms with Gasteiger partial charge in [-0.1, -0.05) is 63.6 Å². The Morgan fingerprint density at radius 2 is 1.64 bits per heavy atom. The molecule has 0 amide bonds. The van der Waals surface area contributed by atoms with Gasteiger partial charge < -0.3 is 4.74 Å². The van der Waals surface area contributed by atoms with Gasteiger partial charge in [-0.3, -0.25) is 0 Å². The maximum Gasteiger partial charge on any atom is 0.416 e. The Labute approximate surface area is 151 Å². The second-order valence-corrected chi connectivity index (χ2v) is 7.46. The number of halogens is 3. The molecule has 1 unspecified atom stereocenters. The summed E-state index contributed by atoms with van der Waals surface area (Å²) in [4.78, 5) is 0. The fourth-order valence-electron chi connectivity index (χ4n) is 3.19. The molecule has 0 spiro atoms. The third kappa shape index (κ3) is 7.81. The maximum absolute atomic E-state index is 12.9. The van der Waals surface area contributed by atoms with Crippen molar-refractivity contribution in [2.75, 3.05) is 7.11 Å². The Morgan fingerprint density at radius 1 is 1.00 bits per heavy atom. The molecular formula is C21H33F3O. The van der Waals surface area contributed by atoms with Gasteiger partial charge in [0.25, 0.3) is 0 Å². The van der Waals surface area contributed by atoms with Gasteiger partial charge in [0.15, 0.2) is 0 Å². The van der Waals surface area contributed by atoms with Crippen molar-refractivity contribution in [3.8, 4) is 0 Å². The number of benzene rings is 1. The lowest BCUT2D eigenvalue weighted by atomic mass is 9.81. The zero-order chi connectivity index (χ0) is 18.9. The van der Waals surface area contributed by atoms with Crippen LogP contribution in [0.3, 0.4) is 0 Å². The maximum atomic E-state index is 12.9. The smallest absolute Gasteiger partial charge is 0.379 e. The monoisotopic (exact) mass is 358 g/mol. The number of unbranched alkanes of at least 4 members (excludes halogenated alkanes) is 5. The van der Waals surface area contributed by atoms with Crippen molar-refractivity contribution in [1.29, 1.82) is 0 Å². The molecule has 1 atom stereocenters. The van der Waals surface area contributed by atoms with Gasteiger partial charge in [0.05, 0.1) is 11.2 Å². The van der Waals surface area contributed by atoms with Crippen LogP contribution in [0.15, 0.2) is 24.3 Å². The van der Waals surface area contributed by atoms with Crippen molar-refractivity contribution in [3.63, 3.8) is 0 Å². The summed E-state index contributed by atoms with van der Waals surface area (Å²) in [5.74, 6) is 0.201. The highest BCUT2D eigenvalue weighted by atomic mass is 19.4. The fourth-order valence-corrected chi connectivity index (χ4v) is 3.19. The molecule has 0 bridgehead atoms. The summed E-state index contributed by atoms with van der Waals surface area (Å²) < 4.78 is 44.4. The van der Waals surface area contributed by atoms with Crippen LogP contribution in [0.1, 0.15) is 76.8 Å². The Hall–Kier alpha value is -1.03. The van der Waals surface area contributed by atoms with Gasteiger partial charge >= 0.3 is 6.18 Å². The highest BCUT2D eigenvalue weighted by Gasteiger charge is 2.32. The average molecular weight is 358 g/mol. The molecule has 0 N–H and O–H groups in total. The zero-order valence-electron chi connectivity index (χ0n) is 16.1. The van der Waals surface area contributed by atoms with E-state index in [1.54, 1.807) is 13.2 Å². The molecule has 25 heavy (non-hydrogen) atoms. The third-order valence-corrected chi connectivity index (χ3v) is 5.15. The van der Waals surface area contributed by atoms with E-state index in [0.717, 1.165) is 24.5 Å². The molecule has 4 heteroatoms. The molecule has 1 rings (SSSR count). The third-order valence-electron chi connectivity index (χ3n) is 5.15. The zero-order valence-corrected chi connectivity index (χ0v) is 16.1. The lowest BCUT2D eigenvalue weighted by Gasteiger charge is -2.33. The van der Waals surface area contributed by atoms with Gasteiger partial charge in [0.2, 0.25) is 0 Å². The minimum Gasteiger partial charge on any atom is -0.379 e. The van der Waals surface area contributed by atoms with Crippen LogP contribution in [0, 0.1) is 5.92 Å². The van der Waals surface area contributed by atoms with Crippen LogP contribution in [0.5, 0.6) is 0 Å². The summed E-state index contributed by atoms with van der Waals surface area (Å²) in [5.41, 5.74) is -0.188. The van der Waals surface area contributed by atoms with E-state index in [-0.39, 0.29) is 11.5 Å². The van der Waals surface area contributed by atoms with E-state index in [1.807, 2.05) is 13.8 Å². The Kier molecular flexibility index (Phi) is 8.98. The Balaban J connectivity index is 2.71. The molecule has 144 valence electrons. The summed E-state index contributed by atoms with van der Waals surface area (Å²) in [6, 6.07) is 5.70. The minimum absolute atomic E-state index is 0.201. The first-order chi connectivity index (χ1) is 11.7. The molecular weight excluding hydrogens is 325 g/mol. The lowest BCUT2D eigenvalue weighted by Crippen LogP contribution is -2.35. The average Bonchev–Trinajstić information content (AvgIpc) is 2.56. The molecule has 0 aliphatic rings. The highest BCUT2D eigenvalue weighted by molar-refractivity contribution is 5.26. The van der Waals surface area contributed by atoms with Crippen molar-refractivity contribution < 1.29 is 17.9 Å². The van der Waals surface area contributed by atoms with Crippen LogP contribution in [0.2, 0.25) is 0 Å². The van der Waals surface area contributed by atoms with Crippen LogP contribution < -0.4 is 0 Å². The van der Waals surface area contributed by atoms with E-state index < -0.39 is 11.7 Å². The van der Waals surface area contributed by atoms with Gasteiger partial charge in [-0.2, -0.15) is 13.2 Å². The topological polar surface area (TPSA) is 9.23 Å². The first-order valence-electron chi connectivity index (χ1n) is 9.42. The molecule has 0 aromatic heterocycles. The quantitative estimate of drug-likeness (QED) is 0.385. The molecule has 0 aliphatic carbocycles. The van der Waals surface area contributed by atoms with E-state index in [4.69, 9.17) is 4.74 Å². The summed E-state index contributed by atoms with van der Waals surface area (Å²) in [6.45, 7) is 6.26. The van der Waals surface area contributed by atoms with E-state index in [1.165, 1.54) is 44.2 Å². The van der Waals surface area contributed by atoms with Crippen LogP contribution in [-0.4, -0.2) is 12.7 Å². The van der Waals surface area contributed by atoms with E-state index in [9.17, 15) is 13.2 Å². The number of rotatable bonds is 11. The van der Waals surface area contributed by atoms with Crippen molar-refractivity contribution in [3.05, 3.63) is 35.4 Å². The number of hydrogen-bond donors (Lipinski definition) is 0. The molecule has 0 heterocycles. The normalized spacial score (nSPS) is 13.9. The van der Waals surface area contributed by atoms with Gasteiger partial charge in [-0.15, -0.1) is 0 Å². The molecule has 0 saturated carbocycles. The molecule has 0 fully saturated rings. The predicted octanol–water partition coefficient (Wildman–Crippen LogP) is 7.04.